The molecule has 0 aliphatic rings. The van der Waals surface area contributed by atoms with Gasteiger partial charge in [-0.3, -0.25) is 0 Å². The Morgan fingerprint density at radius 2 is 2.12 bits per heavy atom. The van der Waals surface area contributed by atoms with Crippen LogP contribution in [0.1, 0.15) is 21.7 Å². The number of aryl methyl sites for hydroxylation is 1. The van der Waals surface area contributed by atoms with Crippen molar-refractivity contribution in [3.05, 3.63) is 47.0 Å². The molecule has 0 atom stereocenters. The van der Waals surface area contributed by atoms with Crippen LogP contribution < -0.4 is 0 Å². The Morgan fingerprint density at radius 1 is 1.41 bits per heavy atom. The molecule has 0 saturated heterocycles. The van der Waals surface area contributed by atoms with Gasteiger partial charge in [0.2, 0.25) is 0 Å². The minimum absolute atomic E-state index is 0.161. The fourth-order valence-corrected chi connectivity index (χ4v) is 1.81. The summed E-state index contributed by atoms with van der Waals surface area (Å²) in [7, 11) is 0. The number of benzene rings is 1. The third-order valence-electron chi connectivity index (χ3n) is 2.56. The number of nitrogens with zero attached hydrogens (tertiary/aromatic N) is 2. The molecule has 1 aromatic carbocycles. The number of rotatable bonds is 2. The van der Waals surface area contributed by atoms with Gasteiger partial charge in [0.15, 0.2) is 0 Å². The van der Waals surface area contributed by atoms with Crippen LogP contribution in [0.4, 0.5) is 4.39 Å². The van der Waals surface area contributed by atoms with Gasteiger partial charge in [-0.2, -0.15) is 5.10 Å². The monoisotopic (exact) mass is 234 g/mol. The molecule has 0 spiro atoms. The van der Waals surface area contributed by atoms with Crippen LogP contribution in [0.3, 0.4) is 0 Å². The Labute approximate surface area is 97.3 Å². The molecule has 0 aliphatic carbocycles. The molecule has 17 heavy (non-hydrogen) atoms. The number of carbonyl (C=O) groups is 1. The summed E-state index contributed by atoms with van der Waals surface area (Å²) >= 11 is 0. The molecule has 0 saturated carbocycles. The average Bonchev–Trinajstić information content (AvgIpc) is 2.54. The van der Waals surface area contributed by atoms with Gasteiger partial charge in [-0.15, -0.1) is 0 Å². The van der Waals surface area contributed by atoms with Crippen LogP contribution in [-0.4, -0.2) is 20.9 Å². The molecule has 0 aliphatic heterocycles. The molecule has 1 aromatic heterocycles. The van der Waals surface area contributed by atoms with Crippen LogP contribution in [-0.2, 0) is 0 Å². The molecule has 0 bridgehead atoms. The Balaban J connectivity index is 2.62. The Morgan fingerprint density at radius 3 is 2.65 bits per heavy atom. The van der Waals surface area contributed by atoms with E-state index in [4.69, 9.17) is 5.11 Å². The first kappa shape index (κ1) is 11.3. The van der Waals surface area contributed by atoms with Crippen LogP contribution in [0.25, 0.3) is 5.69 Å². The van der Waals surface area contributed by atoms with Gasteiger partial charge in [0.25, 0.3) is 0 Å². The minimum Gasteiger partial charge on any atom is -0.478 e. The van der Waals surface area contributed by atoms with E-state index < -0.39 is 5.97 Å². The zero-order valence-corrected chi connectivity index (χ0v) is 9.44. The second-order valence-electron chi connectivity index (χ2n) is 3.74. The molecule has 2 aromatic rings. The first-order valence-electron chi connectivity index (χ1n) is 5.06. The fraction of sp³-hybridized carbons (Fsp3) is 0.167. The van der Waals surface area contributed by atoms with Gasteiger partial charge >= 0.3 is 5.97 Å². The van der Waals surface area contributed by atoms with Crippen LogP contribution in [0, 0.1) is 19.7 Å². The molecule has 0 radical (unpaired) electrons. The third-order valence-corrected chi connectivity index (χ3v) is 2.56. The number of halogens is 1. The Kier molecular flexibility index (Phi) is 2.67. The van der Waals surface area contributed by atoms with Gasteiger partial charge in [-0.05, 0) is 32.0 Å². The van der Waals surface area contributed by atoms with Crippen LogP contribution in [0.2, 0.25) is 0 Å². The van der Waals surface area contributed by atoms with E-state index in [1.165, 1.54) is 16.8 Å². The molecular formula is C12H11FN2O2. The summed E-state index contributed by atoms with van der Waals surface area (Å²) in [5.74, 6) is -1.41. The van der Waals surface area contributed by atoms with Crippen molar-refractivity contribution >= 4 is 5.97 Å². The highest BCUT2D eigenvalue weighted by molar-refractivity contribution is 5.90. The van der Waals surface area contributed by atoms with E-state index in [9.17, 15) is 9.18 Å². The van der Waals surface area contributed by atoms with Gasteiger partial charge in [0.05, 0.1) is 17.1 Å². The molecule has 0 unspecified atom stereocenters. The highest BCUT2D eigenvalue weighted by Crippen LogP contribution is 2.18. The molecule has 1 heterocycles. The topological polar surface area (TPSA) is 55.1 Å². The van der Waals surface area contributed by atoms with Crippen molar-refractivity contribution in [2.75, 3.05) is 0 Å². The lowest BCUT2D eigenvalue weighted by atomic mass is 10.2. The maximum absolute atomic E-state index is 13.1. The van der Waals surface area contributed by atoms with Gasteiger partial charge < -0.3 is 5.11 Å². The number of aromatic nitrogens is 2. The van der Waals surface area contributed by atoms with Crippen LogP contribution >= 0.6 is 0 Å². The summed E-state index contributed by atoms with van der Waals surface area (Å²) in [5, 5.41) is 13.1. The quantitative estimate of drug-likeness (QED) is 0.867. The van der Waals surface area contributed by atoms with E-state index in [0.29, 0.717) is 17.1 Å². The average molecular weight is 234 g/mol. The van der Waals surface area contributed by atoms with Crippen molar-refractivity contribution in [1.29, 1.82) is 0 Å². The molecular weight excluding hydrogens is 223 g/mol. The summed E-state index contributed by atoms with van der Waals surface area (Å²) in [5.41, 5.74) is 1.58. The molecule has 1 N–H and O–H groups in total. The third kappa shape index (κ3) is 1.91. The van der Waals surface area contributed by atoms with E-state index in [-0.39, 0.29) is 11.4 Å². The second-order valence-corrected chi connectivity index (χ2v) is 3.74. The van der Waals surface area contributed by atoms with Crippen LogP contribution in [0.15, 0.2) is 24.3 Å². The predicted molar refractivity (Wildman–Crippen MR) is 60.0 cm³/mol. The van der Waals surface area contributed by atoms with Gasteiger partial charge in [0, 0.05) is 0 Å². The van der Waals surface area contributed by atoms with Crippen LogP contribution in [0.5, 0.6) is 0 Å². The fourth-order valence-electron chi connectivity index (χ4n) is 1.81. The molecule has 0 fully saturated rings. The molecule has 2 rings (SSSR count). The Bertz CT molecular complexity index is 590. The maximum atomic E-state index is 13.1. The number of carboxylic acids is 1. The highest BCUT2D eigenvalue weighted by Gasteiger charge is 2.18. The van der Waals surface area contributed by atoms with E-state index in [0.717, 1.165) is 0 Å². The van der Waals surface area contributed by atoms with Gasteiger partial charge in [-0.1, -0.05) is 6.07 Å². The lowest BCUT2D eigenvalue weighted by Gasteiger charge is -2.04. The summed E-state index contributed by atoms with van der Waals surface area (Å²) in [6.45, 7) is 3.26. The lowest BCUT2D eigenvalue weighted by Crippen LogP contribution is -2.02. The highest BCUT2D eigenvalue weighted by atomic mass is 19.1. The standard InChI is InChI=1S/C12H11FN2O2/c1-7-11(12(16)17)8(2)15(14-7)10-5-3-4-9(13)6-10/h3-6H,1-2H3,(H,16,17). The smallest absolute Gasteiger partial charge is 0.339 e. The zero-order valence-electron chi connectivity index (χ0n) is 9.44. The largest absolute Gasteiger partial charge is 0.478 e. The van der Waals surface area contributed by atoms with Crippen molar-refractivity contribution in [1.82, 2.24) is 9.78 Å². The van der Waals surface area contributed by atoms with Gasteiger partial charge in [-0.25, -0.2) is 13.9 Å². The lowest BCUT2D eigenvalue weighted by molar-refractivity contribution is 0.0695. The minimum atomic E-state index is -1.03. The first-order valence-corrected chi connectivity index (χ1v) is 5.06. The molecule has 4 nitrogen and oxygen atoms in total. The first-order chi connectivity index (χ1) is 8.00. The van der Waals surface area contributed by atoms with E-state index in [2.05, 4.69) is 5.10 Å². The predicted octanol–water partition coefficient (Wildman–Crippen LogP) is 2.33. The zero-order chi connectivity index (χ0) is 12.6. The normalized spacial score (nSPS) is 10.5. The Hall–Kier alpha value is -2.17. The molecule has 0 amide bonds. The number of carboxylic acid groups (broad SMARTS) is 1. The number of hydrogen-bond acceptors (Lipinski definition) is 2. The summed E-state index contributed by atoms with van der Waals surface area (Å²) in [6, 6.07) is 5.87. The molecule has 5 heteroatoms. The maximum Gasteiger partial charge on any atom is 0.339 e. The van der Waals surface area contributed by atoms with E-state index in [1.54, 1.807) is 26.0 Å². The van der Waals surface area contributed by atoms with E-state index >= 15 is 0 Å². The number of aromatic carboxylic acids is 1. The summed E-state index contributed by atoms with van der Waals surface area (Å²) in [4.78, 5) is 11.0. The van der Waals surface area contributed by atoms with Crippen molar-refractivity contribution in [3.8, 4) is 5.69 Å². The SMILES string of the molecule is Cc1nn(-c2cccc(F)c2)c(C)c1C(=O)O. The second kappa shape index (κ2) is 4.01. The van der Waals surface area contributed by atoms with Gasteiger partial charge in [0.1, 0.15) is 11.4 Å². The van der Waals surface area contributed by atoms with Crippen molar-refractivity contribution in [3.63, 3.8) is 0 Å². The summed E-state index contributed by atoms with van der Waals surface area (Å²) in [6.07, 6.45) is 0. The van der Waals surface area contributed by atoms with Crippen molar-refractivity contribution in [2.45, 2.75) is 13.8 Å². The van der Waals surface area contributed by atoms with Crippen molar-refractivity contribution < 1.29 is 14.3 Å². The van der Waals surface area contributed by atoms with Crippen molar-refractivity contribution in [2.24, 2.45) is 0 Å². The molecule has 88 valence electrons. The number of hydrogen-bond donors (Lipinski definition) is 1. The summed E-state index contributed by atoms with van der Waals surface area (Å²) < 4.78 is 14.5. The van der Waals surface area contributed by atoms with E-state index in [1.807, 2.05) is 0 Å².